The highest BCUT2D eigenvalue weighted by molar-refractivity contribution is 5.47. The first kappa shape index (κ1) is 29.0. The average molecular weight is 501 g/mol. The van der Waals surface area contributed by atoms with Crippen molar-refractivity contribution in [2.75, 3.05) is 6.61 Å². The molecule has 0 aliphatic heterocycles. The van der Waals surface area contributed by atoms with Crippen LogP contribution in [0.4, 0.5) is 0 Å². The van der Waals surface area contributed by atoms with E-state index >= 15 is 0 Å². The van der Waals surface area contributed by atoms with Crippen LogP contribution in [0, 0.1) is 0 Å². The van der Waals surface area contributed by atoms with Gasteiger partial charge in [-0.25, -0.2) is 0 Å². The van der Waals surface area contributed by atoms with Crippen molar-refractivity contribution in [3.63, 3.8) is 0 Å². The van der Waals surface area contributed by atoms with Crippen molar-refractivity contribution in [3.8, 4) is 5.75 Å². The van der Waals surface area contributed by atoms with Gasteiger partial charge in [0.1, 0.15) is 11.4 Å². The maximum absolute atomic E-state index is 11.9. The molecule has 0 saturated heterocycles. The van der Waals surface area contributed by atoms with Gasteiger partial charge in [0.2, 0.25) is 0 Å². The van der Waals surface area contributed by atoms with Gasteiger partial charge in [-0.1, -0.05) is 163 Å². The molecule has 200 valence electrons. The molecule has 2 nitrogen and oxygen atoms in total. The van der Waals surface area contributed by atoms with Crippen LogP contribution in [0.1, 0.15) is 114 Å². The number of aliphatic hydroxyl groups is 1. The van der Waals surface area contributed by atoms with E-state index in [1.54, 1.807) is 0 Å². The van der Waals surface area contributed by atoms with E-state index in [1.807, 2.05) is 84.9 Å². The SMILES string of the molecule is CCCCCCCCCCCCCCCCOc1ccc(C(O)(c2ccccc2)c2ccccc2)cc1. The lowest BCUT2D eigenvalue weighted by atomic mass is 9.80. The lowest BCUT2D eigenvalue weighted by Crippen LogP contribution is -2.28. The molecule has 0 radical (unpaired) electrons. The minimum Gasteiger partial charge on any atom is -0.494 e. The van der Waals surface area contributed by atoms with Gasteiger partial charge in [-0.05, 0) is 35.2 Å². The highest BCUT2D eigenvalue weighted by Gasteiger charge is 2.33. The molecule has 0 atom stereocenters. The third-order valence-corrected chi connectivity index (χ3v) is 7.42. The summed E-state index contributed by atoms with van der Waals surface area (Å²) in [6, 6.07) is 27.7. The molecule has 37 heavy (non-hydrogen) atoms. The summed E-state index contributed by atoms with van der Waals surface area (Å²) in [7, 11) is 0. The molecule has 0 unspecified atom stereocenters. The van der Waals surface area contributed by atoms with E-state index in [2.05, 4.69) is 6.92 Å². The fraction of sp³-hybridized carbons (Fsp3) is 0.486. The molecule has 0 fully saturated rings. The molecule has 0 heterocycles. The zero-order valence-corrected chi connectivity index (χ0v) is 23.0. The molecular formula is C35H48O2. The molecular weight excluding hydrogens is 452 g/mol. The number of unbranched alkanes of at least 4 members (excludes halogenated alkanes) is 13. The summed E-state index contributed by atoms with van der Waals surface area (Å²) in [6.45, 7) is 3.03. The molecule has 2 heteroatoms. The van der Waals surface area contributed by atoms with Crippen molar-refractivity contribution in [3.05, 3.63) is 102 Å². The fourth-order valence-electron chi connectivity index (χ4n) is 5.14. The fourth-order valence-corrected chi connectivity index (χ4v) is 5.14. The second-order valence-corrected chi connectivity index (χ2v) is 10.4. The van der Waals surface area contributed by atoms with Crippen molar-refractivity contribution in [1.29, 1.82) is 0 Å². The molecule has 0 aliphatic carbocycles. The van der Waals surface area contributed by atoms with Gasteiger partial charge < -0.3 is 9.84 Å². The quantitative estimate of drug-likeness (QED) is 0.131. The predicted octanol–water partition coefficient (Wildman–Crippen LogP) is 9.83. The topological polar surface area (TPSA) is 29.5 Å². The van der Waals surface area contributed by atoms with Gasteiger partial charge in [0.05, 0.1) is 6.61 Å². The van der Waals surface area contributed by atoms with Gasteiger partial charge >= 0.3 is 0 Å². The number of hydrogen-bond acceptors (Lipinski definition) is 2. The maximum Gasteiger partial charge on any atom is 0.140 e. The molecule has 3 aromatic rings. The predicted molar refractivity (Wildman–Crippen MR) is 157 cm³/mol. The van der Waals surface area contributed by atoms with Gasteiger partial charge in [-0.2, -0.15) is 0 Å². The summed E-state index contributed by atoms with van der Waals surface area (Å²) in [5, 5.41) is 11.9. The molecule has 1 N–H and O–H groups in total. The van der Waals surface area contributed by atoms with Crippen LogP contribution in [-0.2, 0) is 5.60 Å². The lowest BCUT2D eigenvalue weighted by Gasteiger charge is -2.30. The Labute approximate surface area is 226 Å². The Morgan fingerprint density at radius 1 is 0.486 bits per heavy atom. The largest absolute Gasteiger partial charge is 0.494 e. The molecule has 0 aromatic heterocycles. The summed E-state index contributed by atoms with van der Waals surface area (Å²) < 4.78 is 6.01. The molecule has 0 amide bonds. The van der Waals surface area contributed by atoms with Crippen LogP contribution in [0.15, 0.2) is 84.9 Å². The summed E-state index contributed by atoms with van der Waals surface area (Å²) in [5.74, 6) is 0.863. The Hall–Kier alpha value is -2.58. The van der Waals surface area contributed by atoms with Crippen molar-refractivity contribution < 1.29 is 9.84 Å². The minimum absolute atomic E-state index is 0.749. The molecule has 0 aliphatic rings. The number of hydrogen-bond donors (Lipinski definition) is 1. The van der Waals surface area contributed by atoms with Crippen molar-refractivity contribution in [2.24, 2.45) is 0 Å². The summed E-state index contributed by atoms with van der Waals surface area (Å²) >= 11 is 0. The van der Waals surface area contributed by atoms with Crippen molar-refractivity contribution >= 4 is 0 Å². The van der Waals surface area contributed by atoms with Gasteiger partial charge in [0.25, 0.3) is 0 Å². The first-order valence-corrected chi connectivity index (χ1v) is 14.8. The lowest BCUT2D eigenvalue weighted by molar-refractivity contribution is 0.125. The van der Waals surface area contributed by atoms with E-state index in [4.69, 9.17) is 4.74 Å². The highest BCUT2D eigenvalue weighted by Crippen LogP contribution is 2.37. The zero-order valence-electron chi connectivity index (χ0n) is 23.0. The Bertz CT molecular complexity index is 910. The van der Waals surface area contributed by atoms with E-state index in [9.17, 15) is 5.11 Å². The van der Waals surface area contributed by atoms with Crippen molar-refractivity contribution in [1.82, 2.24) is 0 Å². The van der Waals surface area contributed by atoms with Crippen LogP contribution >= 0.6 is 0 Å². The highest BCUT2D eigenvalue weighted by atomic mass is 16.5. The van der Waals surface area contributed by atoms with E-state index in [1.165, 1.54) is 83.5 Å². The standard InChI is InChI=1S/C35H48O2/c1-2-3-4-5-6-7-8-9-10-11-12-13-14-21-30-37-34-28-26-33(27-29-34)35(36,31-22-17-15-18-23-31)32-24-19-16-20-25-32/h15-20,22-29,36H,2-14,21,30H2,1H3. The molecule has 3 rings (SSSR count). The van der Waals surface area contributed by atoms with Crippen LogP contribution in [0.2, 0.25) is 0 Å². The Kier molecular flexibility index (Phi) is 13.3. The van der Waals surface area contributed by atoms with Crippen LogP contribution in [0.25, 0.3) is 0 Å². The summed E-state index contributed by atoms with van der Waals surface area (Å²) in [4.78, 5) is 0. The third-order valence-electron chi connectivity index (χ3n) is 7.42. The zero-order chi connectivity index (χ0) is 26.0. The second kappa shape index (κ2) is 17.0. The van der Waals surface area contributed by atoms with Gasteiger partial charge in [0.15, 0.2) is 0 Å². The first-order chi connectivity index (χ1) is 18.2. The van der Waals surface area contributed by atoms with Gasteiger partial charge in [-0.3, -0.25) is 0 Å². The average Bonchev–Trinajstić information content (AvgIpc) is 2.96. The molecule has 0 saturated carbocycles. The monoisotopic (exact) mass is 500 g/mol. The summed E-state index contributed by atoms with van der Waals surface area (Å²) in [5.41, 5.74) is 1.36. The summed E-state index contributed by atoms with van der Waals surface area (Å²) in [6.07, 6.45) is 19.1. The number of benzene rings is 3. The molecule has 3 aromatic carbocycles. The van der Waals surface area contributed by atoms with E-state index in [0.29, 0.717) is 0 Å². The van der Waals surface area contributed by atoms with Crippen LogP contribution in [0.3, 0.4) is 0 Å². The molecule has 0 bridgehead atoms. The third kappa shape index (κ3) is 9.67. The van der Waals surface area contributed by atoms with E-state index < -0.39 is 5.60 Å². The molecule has 0 spiro atoms. The van der Waals surface area contributed by atoms with Crippen molar-refractivity contribution in [2.45, 2.75) is 102 Å². The first-order valence-electron chi connectivity index (χ1n) is 14.8. The number of rotatable bonds is 19. The Balaban J connectivity index is 1.33. The van der Waals surface area contributed by atoms with Crippen LogP contribution in [0.5, 0.6) is 5.75 Å². The van der Waals surface area contributed by atoms with Gasteiger partial charge in [-0.15, -0.1) is 0 Å². The van der Waals surface area contributed by atoms with Gasteiger partial charge in [0, 0.05) is 0 Å². The minimum atomic E-state index is -1.20. The normalized spacial score (nSPS) is 11.5. The maximum atomic E-state index is 11.9. The Morgan fingerprint density at radius 3 is 1.30 bits per heavy atom. The van der Waals surface area contributed by atoms with Crippen LogP contribution in [-0.4, -0.2) is 11.7 Å². The number of ether oxygens (including phenoxy) is 1. The second-order valence-electron chi connectivity index (χ2n) is 10.4. The Morgan fingerprint density at radius 2 is 0.865 bits per heavy atom. The van der Waals surface area contributed by atoms with E-state index in [0.717, 1.165) is 35.5 Å². The van der Waals surface area contributed by atoms with Crippen LogP contribution < -0.4 is 4.74 Å². The van der Waals surface area contributed by atoms with E-state index in [-0.39, 0.29) is 0 Å². The smallest absolute Gasteiger partial charge is 0.140 e.